The van der Waals surface area contributed by atoms with Crippen LogP contribution in [0.5, 0.6) is 5.75 Å². The maximum Gasteiger partial charge on any atom is 0.119 e. The maximum atomic E-state index is 10.5. The van der Waals surface area contributed by atoms with Crippen LogP contribution in [0, 0.1) is 5.41 Å². The third-order valence-electron chi connectivity index (χ3n) is 7.43. The van der Waals surface area contributed by atoms with Crippen LogP contribution in [0.25, 0.3) is 0 Å². The molecule has 1 saturated carbocycles. The lowest BCUT2D eigenvalue weighted by Crippen LogP contribution is -2.55. The van der Waals surface area contributed by atoms with Crippen molar-refractivity contribution in [2.75, 3.05) is 26.4 Å². The van der Waals surface area contributed by atoms with Crippen molar-refractivity contribution in [2.24, 2.45) is 5.41 Å². The smallest absolute Gasteiger partial charge is 0.119 e. The fourth-order valence-electron chi connectivity index (χ4n) is 5.22. The molecule has 36 heavy (non-hydrogen) atoms. The number of ether oxygens (including phenoxy) is 3. The fourth-order valence-corrected chi connectivity index (χ4v) is 5.40. The quantitative estimate of drug-likeness (QED) is 0.380. The molecule has 5 atom stereocenters. The van der Waals surface area contributed by atoms with Gasteiger partial charge in [0.2, 0.25) is 0 Å². The minimum absolute atomic E-state index is 0.104. The van der Waals surface area contributed by atoms with Crippen LogP contribution in [-0.2, 0) is 15.9 Å². The molecular formula is C28H37ClO7. The predicted molar refractivity (Wildman–Crippen MR) is 136 cm³/mol. The molecule has 8 heteroatoms. The van der Waals surface area contributed by atoms with E-state index in [1.807, 2.05) is 37.3 Å². The van der Waals surface area contributed by atoms with Crippen LogP contribution >= 0.6 is 11.6 Å². The van der Waals surface area contributed by atoms with E-state index in [0.29, 0.717) is 23.6 Å². The summed E-state index contributed by atoms with van der Waals surface area (Å²) in [5, 5.41) is 40.7. The summed E-state index contributed by atoms with van der Waals surface area (Å²) >= 11 is 6.47. The Kier molecular flexibility index (Phi) is 9.28. The lowest BCUT2D eigenvalue weighted by Gasteiger charge is -2.40. The Morgan fingerprint density at radius 2 is 1.69 bits per heavy atom. The Labute approximate surface area is 217 Å². The van der Waals surface area contributed by atoms with Crippen LogP contribution in [0.15, 0.2) is 42.5 Å². The van der Waals surface area contributed by atoms with Crippen LogP contribution < -0.4 is 4.74 Å². The lowest BCUT2D eigenvalue weighted by atomic mass is 9.88. The first-order valence-corrected chi connectivity index (χ1v) is 13.1. The van der Waals surface area contributed by atoms with Crippen LogP contribution in [0.3, 0.4) is 0 Å². The molecule has 0 radical (unpaired) electrons. The zero-order valence-electron chi connectivity index (χ0n) is 20.7. The highest BCUT2D eigenvalue weighted by atomic mass is 35.5. The first-order chi connectivity index (χ1) is 17.4. The van der Waals surface area contributed by atoms with Gasteiger partial charge in [0.25, 0.3) is 0 Å². The van der Waals surface area contributed by atoms with E-state index in [0.717, 1.165) is 42.9 Å². The van der Waals surface area contributed by atoms with Gasteiger partial charge in [-0.2, -0.15) is 0 Å². The average Bonchev–Trinajstić information content (AvgIpc) is 3.36. The monoisotopic (exact) mass is 520 g/mol. The van der Waals surface area contributed by atoms with Crippen molar-refractivity contribution >= 4 is 11.6 Å². The van der Waals surface area contributed by atoms with Crippen LogP contribution in [0.4, 0.5) is 0 Å². The highest BCUT2D eigenvalue weighted by molar-refractivity contribution is 6.31. The molecule has 1 aliphatic carbocycles. The van der Waals surface area contributed by atoms with E-state index < -0.39 is 37.1 Å². The average molecular weight is 521 g/mol. The number of aliphatic hydroxyl groups is 4. The second-order valence-electron chi connectivity index (χ2n) is 10.1. The van der Waals surface area contributed by atoms with Gasteiger partial charge in [-0.1, -0.05) is 48.7 Å². The van der Waals surface area contributed by atoms with Crippen molar-refractivity contribution in [3.8, 4) is 5.75 Å². The third kappa shape index (κ3) is 6.22. The Balaban J connectivity index is 1.42. The van der Waals surface area contributed by atoms with E-state index in [9.17, 15) is 20.4 Å². The molecule has 0 amide bonds. The van der Waals surface area contributed by atoms with Gasteiger partial charge >= 0.3 is 0 Å². The molecule has 2 aromatic carbocycles. The molecule has 1 aliphatic heterocycles. The minimum Gasteiger partial charge on any atom is -0.493 e. The Morgan fingerprint density at radius 1 is 0.972 bits per heavy atom. The van der Waals surface area contributed by atoms with Gasteiger partial charge in [0, 0.05) is 17.0 Å². The van der Waals surface area contributed by atoms with Gasteiger partial charge in [0.15, 0.2) is 0 Å². The van der Waals surface area contributed by atoms with Gasteiger partial charge in [-0.3, -0.25) is 0 Å². The molecule has 1 heterocycles. The molecule has 0 spiro atoms. The van der Waals surface area contributed by atoms with Crippen LogP contribution in [0.2, 0.25) is 5.02 Å². The van der Waals surface area contributed by atoms with Gasteiger partial charge in [0.1, 0.15) is 36.3 Å². The molecular weight excluding hydrogens is 484 g/mol. The standard InChI is InChI=1S/C28H37ClO7/c1-2-34-16-28(11-3-4-12-28)17-35-21-8-5-18(6-9-21)13-20-14-19(7-10-22(20)29)27-26(33)25(32)24(31)23(15-30)36-27/h5-10,14,23-27,30-33H,2-4,11-13,15-17H2,1H3/t23-,24-,25+,26-,27?/m1/s1. The summed E-state index contributed by atoms with van der Waals surface area (Å²) in [6.45, 7) is 3.66. The topological polar surface area (TPSA) is 109 Å². The second-order valence-corrected chi connectivity index (χ2v) is 10.5. The van der Waals surface area contributed by atoms with Gasteiger partial charge < -0.3 is 34.6 Å². The Hall–Kier alpha value is -1.71. The number of hydrogen-bond donors (Lipinski definition) is 4. The molecule has 0 aromatic heterocycles. The summed E-state index contributed by atoms with van der Waals surface area (Å²) in [6, 6.07) is 13.2. The van der Waals surface area contributed by atoms with E-state index in [-0.39, 0.29) is 5.41 Å². The molecule has 4 N–H and O–H groups in total. The molecule has 1 saturated heterocycles. The lowest BCUT2D eigenvalue weighted by molar-refractivity contribution is -0.231. The fraction of sp³-hybridized carbons (Fsp3) is 0.571. The van der Waals surface area contributed by atoms with Gasteiger partial charge in [-0.15, -0.1) is 0 Å². The summed E-state index contributed by atoms with van der Waals surface area (Å²) in [7, 11) is 0. The second kappa shape index (κ2) is 12.2. The molecule has 0 bridgehead atoms. The van der Waals surface area contributed by atoms with Crippen molar-refractivity contribution in [1.29, 1.82) is 0 Å². The SMILES string of the molecule is CCOCC1(COc2ccc(Cc3cc(C4O[C@H](CO)[C@@H](O)[C@H](O)[C@H]4O)ccc3Cl)cc2)CCCC1. The van der Waals surface area contributed by atoms with E-state index in [4.69, 9.17) is 25.8 Å². The summed E-state index contributed by atoms with van der Waals surface area (Å²) in [6.07, 6.45) is -0.748. The van der Waals surface area contributed by atoms with E-state index in [1.54, 1.807) is 12.1 Å². The number of hydrogen-bond acceptors (Lipinski definition) is 7. The maximum absolute atomic E-state index is 10.5. The van der Waals surface area contributed by atoms with Crippen molar-refractivity contribution in [3.63, 3.8) is 0 Å². The van der Waals surface area contributed by atoms with Crippen molar-refractivity contribution in [1.82, 2.24) is 0 Å². The predicted octanol–water partition coefficient (Wildman–Crippen LogP) is 3.42. The Morgan fingerprint density at radius 3 is 2.36 bits per heavy atom. The van der Waals surface area contributed by atoms with Crippen molar-refractivity contribution in [2.45, 2.75) is 69.5 Å². The van der Waals surface area contributed by atoms with Crippen molar-refractivity contribution < 1.29 is 34.6 Å². The van der Waals surface area contributed by atoms with Crippen molar-refractivity contribution in [3.05, 3.63) is 64.2 Å². The zero-order chi connectivity index (χ0) is 25.7. The third-order valence-corrected chi connectivity index (χ3v) is 7.80. The van der Waals surface area contributed by atoms with E-state index >= 15 is 0 Å². The zero-order valence-corrected chi connectivity index (χ0v) is 21.4. The summed E-state index contributed by atoms with van der Waals surface area (Å²) in [5.74, 6) is 0.822. The molecule has 4 rings (SSSR count). The van der Waals surface area contributed by atoms with Crippen LogP contribution in [-0.4, -0.2) is 71.3 Å². The largest absolute Gasteiger partial charge is 0.493 e. The summed E-state index contributed by atoms with van der Waals surface area (Å²) in [5.41, 5.74) is 2.59. The normalized spacial score (nSPS) is 27.8. The molecule has 2 fully saturated rings. The van der Waals surface area contributed by atoms with E-state index in [1.165, 1.54) is 12.8 Å². The number of benzene rings is 2. The first kappa shape index (κ1) is 27.3. The summed E-state index contributed by atoms with van der Waals surface area (Å²) in [4.78, 5) is 0. The Bertz CT molecular complexity index is 974. The highest BCUT2D eigenvalue weighted by Crippen LogP contribution is 2.39. The molecule has 2 aromatic rings. The highest BCUT2D eigenvalue weighted by Gasteiger charge is 2.44. The number of rotatable bonds is 10. The minimum atomic E-state index is -1.43. The molecule has 198 valence electrons. The molecule has 1 unspecified atom stereocenters. The van der Waals surface area contributed by atoms with Crippen LogP contribution in [0.1, 0.15) is 55.4 Å². The van der Waals surface area contributed by atoms with E-state index in [2.05, 4.69) is 0 Å². The first-order valence-electron chi connectivity index (χ1n) is 12.7. The van der Waals surface area contributed by atoms with Gasteiger partial charge in [-0.25, -0.2) is 0 Å². The summed E-state index contributed by atoms with van der Waals surface area (Å²) < 4.78 is 17.6. The van der Waals surface area contributed by atoms with Gasteiger partial charge in [0.05, 0.1) is 19.8 Å². The molecule has 7 nitrogen and oxygen atoms in total. The number of aliphatic hydroxyl groups excluding tert-OH is 4. The van der Waals surface area contributed by atoms with Gasteiger partial charge in [-0.05, 0) is 61.1 Å². The molecule has 2 aliphatic rings. The number of halogens is 1.